The van der Waals surface area contributed by atoms with Crippen LogP contribution in [-0.4, -0.2) is 11.4 Å². The highest BCUT2D eigenvalue weighted by Crippen LogP contribution is 2.17. The van der Waals surface area contributed by atoms with E-state index in [4.69, 9.17) is 5.73 Å². The van der Waals surface area contributed by atoms with Crippen molar-refractivity contribution in [2.24, 2.45) is 5.73 Å². The molecule has 0 saturated carbocycles. The van der Waals surface area contributed by atoms with Crippen LogP contribution in [0.5, 0.6) is 0 Å². The molecule has 3 nitrogen and oxygen atoms in total. The van der Waals surface area contributed by atoms with Gasteiger partial charge in [0.05, 0.1) is 6.04 Å². The van der Waals surface area contributed by atoms with Crippen molar-refractivity contribution in [3.05, 3.63) is 35.4 Å². The number of nitrogens with one attached hydrogen (secondary N) is 1. The zero-order valence-corrected chi connectivity index (χ0v) is 11.8. The SMILES string of the molecule is Cc1ccccc1C(C)NC(=O)CCC(C)(C)N. The smallest absolute Gasteiger partial charge is 0.220 e. The number of benzene rings is 1. The molecule has 0 aliphatic heterocycles. The van der Waals surface area contributed by atoms with Gasteiger partial charge in [0, 0.05) is 12.0 Å². The maximum absolute atomic E-state index is 11.8. The van der Waals surface area contributed by atoms with Crippen molar-refractivity contribution in [3.8, 4) is 0 Å². The summed E-state index contributed by atoms with van der Waals surface area (Å²) in [5.41, 5.74) is 7.94. The first kappa shape index (κ1) is 14.7. The van der Waals surface area contributed by atoms with E-state index in [-0.39, 0.29) is 17.5 Å². The Labute approximate surface area is 110 Å². The number of nitrogens with two attached hydrogens (primary N) is 1. The normalized spacial score (nSPS) is 13.2. The molecule has 1 unspecified atom stereocenters. The molecule has 0 fully saturated rings. The maximum atomic E-state index is 11.8. The molecule has 1 atom stereocenters. The van der Waals surface area contributed by atoms with Crippen LogP contribution in [0.1, 0.15) is 50.8 Å². The maximum Gasteiger partial charge on any atom is 0.220 e. The van der Waals surface area contributed by atoms with Gasteiger partial charge in [-0.15, -0.1) is 0 Å². The summed E-state index contributed by atoms with van der Waals surface area (Å²) in [6.45, 7) is 7.94. The van der Waals surface area contributed by atoms with Crippen molar-refractivity contribution >= 4 is 5.91 Å². The summed E-state index contributed by atoms with van der Waals surface area (Å²) in [5.74, 6) is 0.0595. The number of carbonyl (C=O) groups is 1. The van der Waals surface area contributed by atoms with Crippen molar-refractivity contribution in [1.29, 1.82) is 0 Å². The van der Waals surface area contributed by atoms with Gasteiger partial charge in [-0.2, -0.15) is 0 Å². The minimum absolute atomic E-state index is 0.0413. The second-order valence-electron chi connectivity index (χ2n) is 5.63. The third-order valence-electron chi connectivity index (χ3n) is 3.03. The van der Waals surface area contributed by atoms with E-state index in [0.717, 1.165) is 5.56 Å². The molecule has 3 N–H and O–H groups in total. The Morgan fingerprint density at radius 1 is 1.39 bits per heavy atom. The molecule has 0 radical (unpaired) electrons. The van der Waals surface area contributed by atoms with Crippen molar-refractivity contribution < 1.29 is 4.79 Å². The van der Waals surface area contributed by atoms with Crippen molar-refractivity contribution in [2.75, 3.05) is 0 Å². The lowest BCUT2D eigenvalue weighted by Crippen LogP contribution is -2.35. The minimum Gasteiger partial charge on any atom is -0.350 e. The van der Waals surface area contributed by atoms with E-state index in [0.29, 0.717) is 12.8 Å². The van der Waals surface area contributed by atoms with Gasteiger partial charge in [-0.3, -0.25) is 4.79 Å². The summed E-state index contributed by atoms with van der Waals surface area (Å²) in [4.78, 5) is 11.8. The number of carbonyl (C=O) groups excluding carboxylic acids is 1. The lowest BCUT2D eigenvalue weighted by Gasteiger charge is -2.20. The van der Waals surface area contributed by atoms with Gasteiger partial charge >= 0.3 is 0 Å². The van der Waals surface area contributed by atoms with Gasteiger partial charge in [0.2, 0.25) is 5.91 Å². The summed E-state index contributed by atoms with van der Waals surface area (Å²) in [6.07, 6.45) is 1.17. The second kappa shape index (κ2) is 6.01. The predicted octanol–water partition coefficient (Wildman–Crippen LogP) is 2.69. The average molecular weight is 248 g/mol. The fraction of sp³-hybridized carbons (Fsp3) is 0.533. The summed E-state index contributed by atoms with van der Waals surface area (Å²) < 4.78 is 0. The van der Waals surface area contributed by atoms with Crippen LogP contribution in [0.25, 0.3) is 0 Å². The molecule has 3 heteroatoms. The molecule has 0 aromatic heterocycles. The number of hydrogen-bond donors (Lipinski definition) is 2. The van der Waals surface area contributed by atoms with Gasteiger partial charge in [-0.1, -0.05) is 24.3 Å². The average Bonchev–Trinajstić information content (AvgIpc) is 2.26. The largest absolute Gasteiger partial charge is 0.350 e. The van der Waals surface area contributed by atoms with Crippen LogP contribution in [0.2, 0.25) is 0 Å². The monoisotopic (exact) mass is 248 g/mol. The summed E-state index contributed by atoms with van der Waals surface area (Å²) in [5, 5.41) is 3.02. The topological polar surface area (TPSA) is 55.1 Å². The molecule has 0 aliphatic rings. The first-order valence-corrected chi connectivity index (χ1v) is 6.43. The zero-order chi connectivity index (χ0) is 13.8. The Morgan fingerprint density at radius 3 is 2.56 bits per heavy atom. The predicted molar refractivity (Wildman–Crippen MR) is 75.2 cm³/mol. The summed E-state index contributed by atoms with van der Waals surface area (Å²) in [7, 11) is 0. The number of rotatable bonds is 5. The highest BCUT2D eigenvalue weighted by molar-refractivity contribution is 5.76. The van der Waals surface area contributed by atoms with Crippen molar-refractivity contribution in [1.82, 2.24) is 5.32 Å². The van der Waals surface area contributed by atoms with Gasteiger partial charge in [0.15, 0.2) is 0 Å². The molecule has 0 spiro atoms. The van der Waals surface area contributed by atoms with E-state index in [1.165, 1.54) is 5.56 Å². The number of hydrogen-bond acceptors (Lipinski definition) is 2. The molecular formula is C15H24N2O. The van der Waals surface area contributed by atoms with Crippen LogP contribution in [0.4, 0.5) is 0 Å². The third-order valence-corrected chi connectivity index (χ3v) is 3.03. The zero-order valence-electron chi connectivity index (χ0n) is 11.8. The van der Waals surface area contributed by atoms with Gasteiger partial charge in [-0.05, 0) is 45.2 Å². The highest BCUT2D eigenvalue weighted by atomic mass is 16.1. The molecule has 1 amide bonds. The lowest BCUT2D eigenvalue weighted by atomic mass is 9.99. The third kappa shape index (κ3) is 4.88. The molecule has 0 heterocycles. The Bertz CT molecular complexity index is 407. The Morgan fingerprint density at radius 2 is 2.00 bits per heavy atom. The molecule has 1 aromatic carbocycles. The van der Waals surface area contributed by atoms with E-state index in [9.17, 15) is 4.79 Å². The molecular weight excluding hydrogens is 224 g/mol. The first-order valence-electron chi connectivity index (χ1n) is 6.43. The van der Waals surface area contributed by atoms with Crippen molar-refractivity contribution in [2.45, 2.75) is 52.1 Å². The second-order valence-corrected chi connectivity index (χ2v) is 5.63. The standard InChI is InChI=1S/C15H24N2O/c1-11-7-5-6-8-13(11)12(2)17-14(18)9-10-15(3,4)16/h5-8,12H,9-10,16H2,1-4H3,(H,17,18). The first-order chi connectivity index (χ1) is 8.29. The van der Waals surface area contributed by atoms with Gasteiger partial charge in [0.1, 0.15) is 0 Å². The Kier molecular flexibility index (Phi) is 4.91. The van der Waals surface area contributed by atoms with Gasteiger partial charge in [-0.25, -0.2) is 0 Å². The lowest BCUT2D eigenvalue weighted by molar-refractivity contribution is -0.122. The van der Waals surface area contributed by atoms with Crippen LogP contribution < -0.4 is 11.1 Å². The number of aryl methyl sites for hydroxylation is 1. The highest BCUT2D eigenvalue weighted by Gasteiger charge is 2.15. The fourth-order valence-electron chi connectivity index (χ4n) is 1.90. The molecule has 18 heavy (non-hydrogen) atoms. The van der Waals surface area contributed by atoms with Crippen molar-refractivity contribution in [3.63, 3.8) is 0 Å². The molecule has 1 rings (SSSR count). The van der Waals surface area contributed by atoms with Gasteiger partial charge in [0.25, 0.3) is 0 Å². The minimum atomic E-state index is -0.288. The molecule has 0 bridgehead atoms. The molecule has 0 saturated heterocycles. The Hall–Kier alpha value is -1.35. The Balaban J connectivity index is 2.53. The molecule has 0 aliphatic carbocycles. The quantitative estimate of drug-likeness (QED) is 0.841. The van der Waals surface area contributed by atoms with E-state index in [2.05, 4.69) is 18.3 Å². The summed E-state index contributed by atoms with van der Waals surface area (Å²) >= 11 is 0. The van der Waals surface area contributed by atoms with Crippen LogP contribution in [0.3, 0.4) is 0 Å². The summed E-state index contributed by atoms with van der Waals surface area (Å²) in [6, 6.07) is 8.14. The molecule has 100 valence electrons. The van der Waals surface area contributed by atoms with E-state index in [1.807, 2.05) is 39.0 Å². The molecule has 1 aromatic rings. The van der Waals surface area contributed by atoms with Gasteiger partial charge < -0.3 is 11.1 Å². The van der Waals surface area contributed by atoms with E-state index < -0.39 is 0 Å². The van der Waals surface area contributed by atoms with E-state index >= 15 is 0 Å². The number of amides is 1. The van der Waals surface area contributed by atoms with E-state index in [1.54, 1.807) is 0 Å². The van der Waals surface area contributed by atoms with Crippen LogP contribution >= 0.6 is 0 Å². The van der Waals surface area contributed by atoms with Crippen LogP contribution in [0.15, 0.2) is 24.3 Å². The van der Waals surface area contributed by atoms with Crippen LogP contribution in [0, 0.1) is 6.92 Å². The fourth-order valence-corrected chi connectivity index (χ4v) is 1.90. The van der Waals surface area contributed by atoms with Crippen LogP contribution in [-0.2, 0) is 4.79 Å².